The molecule has 1 heterocycles. The highest BCUT2D eigenvalue weighted by molar-refractivity contribution is 6.08. The summed E-state index contributed by atoms with van der Waals surface area (Å²) in [5.74, 6) is -0.343. The van der Waals surface area contributed by atoms with E-state index in [1.54, 1.807) is 30.6 Å². The molecule has 0 aliphatic rings. The van der Waals surface area contributed by atoms with Crippen molar-refractivity contribution in [1.29, 1.82) is 0 Å². The van der Waals surface area contributed by atoms with Crippen molar-refractivity contribution in [3.63, 3.8) is 0 Å². The van der Waals surface area contributed by atoms with E-state index in [4.69, 9.17) is 0 Å². The number of halogens is 1. The van der Waals surface area contributed by atoms with E-state index in [1.807, 2.05) is 18.2 Å². The van der Waals surface area contributed by atoms with Crippen LogP contribution in [0.1, 0.15) is 15.9 Å². The molecule has 0 amide bonds. The van der Waals surface area contributed by atoms with Gasteiger partial charge in [0.05, 0.1) is 0 Å². The average Bonchev–Trinajstić information content (AvgIpc) is 2.46. The van der Waals surface area contributed by atoms with E-state index in [9.17, 15) is 9.18 Å². The highest BCUT2D eigenvalue weighted by atomic mass is 19.1. The van der Waals surface area contributed by atoms with Gasteiger partial charge in [0.25, 0.3) is 0 Å². The predicted octanol–water partition coefficient (Wildman–Crippen LogP) is 3.80. The third kappa shape index (κ3) is 2.43. The molecule has 0 spiro atoms. The third-order valence-corrected chi connectivity index (χ3v) is 3.23. The van der Waals surface area contributed by atoms with Crippen LogP contribution in [-0.4, -0.2) is 10.8 Å². The topological polar surface area (TPSA) is 30.0 Å². The largest absolute Gasteiger partial charge is 0.294 e. The number of carbonyl (C=O) groups excluding carboxylic acids is 1. The van der Waals surface area contributed by atoms with Crippen molar-refractivity contribution >= 4 is 16.6 Å². The smallest absolute Gasteiger partial charge is 0.167 e. The molecule has 0 fully saturated rings. The molecule has 0 saturated carbocycles. The summed E-state index contributed by atoms with van der Waals surface area (Å²) in [6.07, 6.45) is 3.59. The number of rotatable bonds is 3. The lowest BCUT2D eigenvalue weighted by molar-refractivity contribution is 0.0994. The molecule has 3 aromatic rings. The van der Waals surface area contributed by atoms with Gasteiger partial charge in [-0.05, 0) is 29.1 Å². The lowest BCUT2D eigenvalue weighted by atomic mass is 9.98. The number of benzene rings is 2. The molecular formula is C17H12FNO. The Morgan fingerprint density at radius 3 is 2.80 bits per heavy atom. The molecule has 0 unspecified atom stereocenters. The number of pyridine rings is 1. The lowest BCUT2D eigenvalue weighted by Crippen LogP contribution is -2.04. The summed E-state index contributed by atoms with van der Waals surface area (Å²) in [6.45, 7) is 0. The summed E-state index contributed by atoms with van der Waals surface area (Å²) in [4.78, 5) is 16.4. The molecule has 2 nitrogen and oxygen atoms in total. The van der Waals surface area contributed by atoms with Crippen LogP contribution >= 0.6 is 0 Å². The molecule has 0 aliphatic heterocycles. The lowest BCUT2D eigenvalue weighted by Gasteiger charge is -2.05. The molecule has 0 saturated heterocycles. The maximum Gasteiger partial charge on any atom is 0.167 e. The Balaban J connectivity index is 1.97. The highest BCUT2D eigenvalue weighted by Crippen LogP contribution is 2.19. The number of aromatic nitrogens is 1. The fraction of sp³-hybridized carbons (Fsp3) is 0.0588. The van der Waals surface area contributed by atoms with Gasteiger partial charge in [0.2, 0.25) is 0 Å². The zero-order valence-corrected chi connectivity index (χ0v) is 10.7. The summed E-state index contributed by atoms with van der Waals surface area (Å²) < 4.78 is 13.2. The quantitative estimate of drug-likeness (QED) is 0.674. The Hall–Kier alpha value is -2.55. The SMILES string of the molecule is O=C(Cc1cccc(F)c1)c1cccc2cnccc12. The van der Waals surface area contributed by atoms with E-state index in [2.05, 4.69) is 4.98 Å². The predicted molar refractivity (Wildman–Crippen MR) is 76.2 cm³/mol. The molecule has 0 radical (unpaired) electrons. The van der Waals surface area contributed by atoms with Crippen molar-refractivity contribution in [3.8, 4) is 0 Å². The van der Waals surface area contributed by atoms with Gasteiger partial charge in [0.15, 0.2) is 5.78 Å². The minimum atomic E-state index is -0.322. The molecule has 3 rings (SSSR count). The van der Waals surface area contributed by atoms with Crippen LogP contribution in [0.5, 0.6) is 0 Å². The summed E-state index contributed by atoms with van der Waals surface area (Å²) in [5, 5.41) is 1.81. The number of nitrogens with zero attached hydrogens (tertiary/aromatic N) is 1. The van der Waals surface area contributed by atoms with Gasteiger partial charge in [0, 0.05) is 29.8 Å². The maximum absolute atomic E-state index is 13.2. The van der Waals surface area contributed by atoms with E-state index in [0.717, 1.165) is 10.8 Å². The number of hydrogen-bond acceptors (Lipinski definition) is 2. The molecule has 2 aromatic carbocycles. The monoisotopic (exact) mass is 265 g/mol. The maximum atomic E-state index is 13.2. The standard InChI is InChI=1S/C17H12FNO/c18-14-5-1-3-12(9-14)10-17(20)16-6-2-4-13-11-19-8-7-15(13)16/h1-9,11H,10H2. The van der Waals surface area contributed by atoms with Crippen molar-refractivity contribution in [2.24, 2.45) is 0 Å². The van der Waals surface area contributed by atoms with E-state index in [1.165, 1.54) is 12.1 Å². The normalized spacial score (nSPS) is 10.7. The van der Waals surface area contributed by atoms with Crippen LogP contribution in [0, 0.1) is 5.82 Å². The van der Waals surface area contributed by atoms with E-state index in [-0.39, 0.29) is 18.0 Å². The zero-order valence-electron chi connectivity index (χ0n) is 10.7. The van der Waals surface area contributed by atoms with Crippen molar-refractivity contribution in [2.75, 3.05) is 0 Å². The minimum absolute atomic E-state index is 0.0209. The Morgan fingerprint density at radius 1 is 1.10 bits per heavy atom. The van der Waals surface area contributed by atoms with E-state index < -0.39 is 0 Å². The summed E-state index contributed by atoms with van der Waals surface area (Å²) in [6, 6.07) is 13.5. The first-order chi connectivity index (χ1) is 9.74. The molecule has 0 bridgehead atoms. The van der Waals surface area contributed by atoms with Gasteiger partial charge in [-0.2, -0.15) is 0 Å². The second kappa shape index (κ2) is 5.21. The van der Waals surface area contributed by atoms with Gasteiger partial charge in [-0.1, -0.05) is 30.3 Å². The number of fused-ring (bicyclic) bond motifs is 1. The first-order valence-corrected chi connectivity index (χ1v) is 6.34. The number of carbonyl (C=O) groups is 1. The molecule has 1 aromatic heterocycles. The van der Waals surface area contributed by atoms with Crippen LogP contribution in [0.2, 0.25) is 0 Å². The molecule has 0 aliphatic carbocycles. The zero-order chi connectivity index (χ0) is 13.9. The van der Waals surface area contributed by atoms with E-state index >= 15 is 0 Å². The van der Waals surface area contributed by atoms with E-state index in [0.29, 0.717) is 11.1 Å². The second-order valence-corrected chi connectivity index (χ2v) is 4.63. The summed E-state index contributed by atoms with van der Waals surface area (Å²) in [7, 11) is 0. The Bertz CT molecular complexity index is 777. The van der Waals surface area contributed by atoms with Crippen molar-refractivity contribution < 1.29 is 9.18 Å². The number of ketones is 1. The molecular weight excluding hydrogens is 253 g/mol. The van der Waals surface area contributed by atoms with Crippen molar-refractivity contribution in [2.45, 2.75) is 6.42 Å². The average molecular weight is 265 g/mol. The van der Waals surface area contributed by atoms with Gasteiger partial charge < -0.3 is 0 Å². The van der Waals surface area contributed by atoms with Crippen molar-refractivity contribution in [3.05, 3.63) is 77.9 Å². The Kier molecular flexibility index (Phi) is 3.25. The molecule has 3 heteroatoms. The molecule has 0 atom stereocenters. The van der Waals surface area contributed by atoms with Gasteiger partial charge in [0.1, 0.15) is 5.82 Å². The fourth-order valence-electron chi connectivity index (χ4n) is 2.29. The van der Waals surface area contributed by atoms with Crippen LogP contribution in [0.25, 0.3) is 10.8 Å². The highest BCUT2D eigenvalue weighted by Gasteiger charge is 2.11. The van der Waals surface area contributed by atoms with Crippen LogP contribution in [0.15, 0.2) is 60.9 Å². The summed E-state index contributed by atoms with van der Waals surface area (Å²) >= 11 is 0. The number of hydrogen-bond donors (Lipinski definition) is 0. The molecule has 0 N–H and O–H groups in total. The Morgan fingerprint density at radius 2 is 1.95 bits per heavy atom. The van der Waals surface area contributed by atoms with Crippen LogP contribution in [0.4, 0.5) is 4.39 Å². The number of Topliss-reactive ketones (excluding diaryl/α,β-unsaturated/α-hetero) is 1. The van der Waals surface area contributed by atoms with Crippen LogP contribution in [0.3, 0.4) is 0 Å². The van der Waals surface area contributed by atoms with Gasteiger partial charge in [-0.15, -0.1) is 0 Å². The third-order valence-electron chi connectivity index (χ3n) is 3.23. The van der Waals surface area contributed by atoms with Crippen molar-refractivity contribution in [1.82, 2.24) is 4.98 Å². The first-order valence-electron chi connectivity index (χ1n) is 6.34. The van der Waals surface area contributed by atoms with Gasteiger partial charge in [-0.25, -0.2) is 4.39 Å². The van der Waals surface area contributed by atoms with Gasteiger partial charge >= 0.3 is 0 Å². The van der Waals surface area contributed by atoms with Gasteiger partial charge in [-0.3, -0.25) is 9.78 Å². The molecule has 20 heavy (non-hydrogen) atoms. The Labute approximate surface area is 115 Å². The summed E-state index contributed by atoms with van der Waals surface area (Å²) in [5.41, 5.74) is 1.33. The first kappa shape index (κ1) is 12.5. The van der Waals surface area contributed by atoms with Crippen LogP contribution in [-0.2, 0) is 6.42 Å². The molecule has 98 valence electrons. The van der Waals surface area contributed by atoms with Crippen LogP contribution < -0.4 is 0 Å². The fourth-order valence-corrected chi connectivity index (χ4v) is 2.29. The second-order valence-electron chi connectivity index (χ2n) is 4.63. The minimum Gasteiger partial charge on any atom is -0.294 e.